The molecule has 12 rings (SSSR count). The summed E-state index contributed by atoms with van der Waals surface area (Å²) >= 11 is 0. The molecule has 284 valence electrons. The quantitative estimate of drug-likeness (QED) is 0.168. The summed E-state index contributed by atoms with van der Waals surface area (Å²) in [7, 11) is 0. The van der Waals surface area contributed by atoms with Crippen LogP contribution < -0.4 is 0 Å². The van der Waals surface area contributed by atoms with E-state index in [0.29, 0.717) is 5.82 Å². The number of fused-ring (bicyclic) bond motifs is 10. The molecule has 2 aliphatic rings. The van der Waals surface area contributed by atoms with Gasteiger partial charge in [0.05, 0.1) is 16.8 Å². The van der Waals surface area contributed by atoms with Crippen molar-refractivity contribution in [3.63, 3.8) is 0 Å². The molecule has 0 fully saturated rings. The summed E-state index contributed by atoms with van der Waals surface area (Å²) in [5.74, 6) is 0.700. The van der Waals surface area contributed by atoms with Crippen LogP contribution in [0.25, 0.3) is 89.5 Å². The van der Waals surface area contributed by atoms with Gasteiger partial charge in [-0.2, -0.15) is 0 Å². The van der Waals surface area contributed by atoms with Gasteiger partial charge in [0.25, 0.3) is 0 Å². The SMILES string of the molecule is c1ccc(-c2ccc3c(c2)C2(c4cc(-c5ccccc5)ccc4-3)c3ccccc3-c3c(-c4ccccc4-c4nc(-c5ccccc5)cc(-c5ccccc5)n4)cccc32)cc1. The van der Waals surface area contributed by atoms with Crippen molar-refractivity contribution in [3.05, 3.63) is 253 Å². The van der Waals surface area contributed by atoms with Crippen molar-refractivity contribution in [2.45, 2.75) is 5.41 Å². The molecule has 2 nitrogen and oxygen atoms in total. The van der Waals surface area contributed by atoms with Crippen LogP contribution in [0.4, 0.5) is 0 Å². The summed E-state index contributed by atoms with van der Waals surface area (Å²) in [5.41, 5.74) is 21.8. The Morgan fingerprint density at radius 2 is 0.672 bits per heavy atom. The zero-order valence-electron chi connectivity index (χ0n) is 33.3. The van der Waals surface area contributed by atoms with E-state index in [9.17, 15) is 0 Å². The van der Waals surface area contributed by atoms with Crippen molar-refractivity contribution in [2.75, 3.05) is 0 Å². The Morgan fingerprint density at radius 1 is 0.246 bits per heavy atom. The van der Waals surface area contributed by atoms with E-state index in [1.165, 1.54) is 72.3 Å². The molecule has 0 bridgehead atoms. The van der Waals surface area contributed by atoms with E-state index >= 15 is 0 Å². The normalized spacial score (nSPS) is 12.7. The zero-order valence-corrected chi connectivity index (χ0v) is 33.3. The third kappa shape index (κ3) is 5.50. The van der Waals surface area contributed by atoms with E-state index in [2.05, 4.69) is 218 Å². The molecule has 0 saturated carbocycles. The second kappa shape index (κ2) is 14.1. The molecule has 0 N–H and O–H groups in total. The Morgan fingerprint density at radius 3 is 1.21 bits per heavy atom. The van der Waals surface area contributed by atoms with Crippen LogP contribution in [0.5, 0.6) is 0 Å². The van der Waals surface area contributed by atoms with Crippen LogP contribution in [-0.2, 0) is 5.41 Å². The largest absolute Gasteiger partial charge is 0.228 e. The Bertz CT molecular complexity index is 3130. The molecule has 10 aromatic rings. The van der Waals surface area contributed by atoms with Gasteiger partial charge in [0.1, 0.15) is 0 Å². The summed E-state index contributed by atoms with van der Waals surface area (Å²) < 4.78 is 0. The Kier molecular flexibility index (Phi) is 8.11. The molecule has 2 aliphatic carbocycles. The summed E-state index contributed by atoms with van der Waals surface area (Å²) in [6.07, 6.45) is 0. The maximum absolute atomic E-state index is 5.32. The average molecular weight is 775 g/mol. The molecular formula is C59H38N2. The summed E-state index contributed by atoms with van der Waals surface area (Å²) in [6, 6.07) is 83.5. The molecule has 0 saturated heterocycles. The number of rotatable bonds is 6. The van der Waals surface area contributed by atoms with Gasteiger partial charge < -0.3 is 0 Å². The Labute approximate surface area is 356 Å². The molecular weight excluding hydrogens is 737 g/mol. The van der Waals surface area contributed by atoms with Crippen molar-refractivity contribution in [3.8, 4) is 89.5 Å². The van der Waals surface area contributed by atoms with E-state index in [1.807, 2.05) is 12.1 Å². The molecule has 0 unspecified atom stereocenters. The Hall–Kier alpha value is -7.94. The van der Waals surface area contributed by atoms with Gasteiger partial charge in [0.2, 0.25) is 0 Å². The predicted octanol–water partition coefficient (Wildman–Crippen LogP) is 14.8. The van der Waals surface area contributed by atoms with Crippen molar-refractivity contribution < 1.29 is 0 Å². The summed E-state index contributed by atoms with van der Waals surface area (Å²) in [6.45, 7) is 0. The molecule has 1 heterocycles. The average Bonchev–Trinajstić information content (AvgIpc) is 3.82. The predicted molar refractivity (Wildman–Crippen MR) is 251 cm³/mol. The first-order chi connectivity index (χ1) is 30.3. The standard InChI is InChI=1S/C59H38N2/c1-5-18-39(19-6-1)43-32-34-46-47-35-33-44(40-20-7-2-8-21-40)37-54(47)59(53(46)36-43)51-30-16-15-28-50(51)57-48(29-17-31-52(57)59)45-26-13-14-27-49(45)58-60-55(41-22-9-3-10-23-41)38-56(61-58)42-24-11-4-12-25-42/h1-38H. The molecule has 2 heteroatoms. The zero-order chi connectivity index (χ0) is 40.3. The maximum atomic E-state index is 5.32. The fraction of sp³-hybridized carbons (Fsp3) is 0.0169. The van der Waals surface area contributed by atoms with Crippen molar-refractivity contribution in [1.82, 2.24) is 9.97 Å². The number of hydrogen-bond donors (Lipinski definition) is 0. The lowest BCUT2D eigenvalue weighted by molar-refractivity contribution is 0.794. The molecule has 1 spiro atoms. The van der Waals surface area contributed by atoms with Gasteiger partial charge in [-0.05, 0) is 96.1 Å². The fourth-order valence-electron chi connectivity index (χ4n) is 10.1. The van der Waals surface area contributed by atoms with Crippen LogP contribution >= 0.6 is 0 Å². The smallest absolute Gasteiger partial charge is 0.161 e. The van der Waals surface area contributed by atoms with Gasteiger partial charge in [-0.3, -0.25) is 0 Å². The second-order valence-corrected chi connectivity index (χ2v) is 16.0. The minimum absolute atomic E-state index is 0.554. The number of nitrogens with zero attached hydrogens (tertiary/aromatic N) is 2. The van der Waals surface area contributed by atoms with E-state index in [0.717, 1.165) is 33.6 Å². The number of aromatic nitrogens is 2. The topological polar surface area (TPSA) is 25.8 Å². The van der Waals surface area contributed by atoms with E-state index < -0.39 is 5.41 Å². The summed E-state index contributed by atoms with van der Waals surface area (Å²) in [5, 5.41) is 0. The number of hydrogen-bond acceptors (Lipinski definition) is 2. The minimum Gasteiger partial charge on any atom is -0.228 e. The molecule has 9 aromatic carbocycles. The van der Waals surface area contributed by atoms with Crippen LogP contribution in [0.1, 0.15) is 22.3 Å². The third-order valence-corrected chi connectivity index (χ3v) is 12.7. The first kappa shape index (κ1) is 35.0. The Balaban J connectivity index is 1.13. The van der Waals surface area contributed by atoms with Crippen molar-refractivity contribution in [1.29, 1.82) is 0 Å². The molecule has 0 aliphatic heterocycles. The minimum atomic E-state index is -0.554. The highest BCUT2D eigenvalue weighted by Crippen LogP contribution is 2.65. The highest BCUT2D eigenvalue weighted by atomic mass is 14.9. The monoisotopic (exact) mass is 774 g/mol. The fourth-order valence-corrected chi connectivity index (χ4v) is 10.1. The lowest BCUT2D eigenvalue weighted by Gasteiger charge is -2.31. The van der Waals surface area contributed by atoms with Crippen molar-refractivity contribution in [2.24, 2.45) is 0 Å². The molecule has 61 heavy (non-hydrogen) atoms. The van der Waals surface area contributed by atoms with Gasteiger partial charge >= 0.3 is 0 Å². The van der Waals surface area contributed by atoms with Gasteiger partial charge in [0, 0.05) is 16.7 Å². The molecule has 0 radical (unpaired) electrons. The first-order valence-corrected chi connectivity index (χ1v) is 21.0. The molecule has 0 amide bonds. The first-order valence-electron chi connectivity index (χ1n) is 21.0. The maximum Gasteiger partial charge on any atom is 0.161 e. The third-order valence-electron chi connectivity index (χ3n) is 12.7. The van der Waals surface area contributed by atoms with E-state index in [1.54, 1.807) is 0 Å². The van der Waals surface area contributed by atoms with Gasteiger partial charge in [-0.15, -0.1) is 0 Å². The van der Waals surface area contributed by atoms with Crippen LogP contribution in [0.3, 0.4) is 0 Å². The molecule has 1 aromatic heterocycles. The second-order valence-electron chi connectivity index (χ2n) is 16.0. The van der Waals surface area contributed by atoms with Crippen molar-refractivity contribution >= 4 is 0 Å². The van der Waals surface area contributed by atoms with E-state index in [4.69, 9.17) is 9.97 Å². The lowest BCUT2D eigenvalue weighted by atomic mass is 9.69. The molecule has 0 atom stereocenters. The lowest BCUT2D eigenvalue weighted by Crippen LogP contribution is -2.26. The van der Waals surface area contributed by atoms with E-state index in [-0.39, 0.29) is 0 Å². The van der Waals surface area contributed by atoms with Crippen LogP contribution in [0.2, 0.25) is 0 Å². The van der Waals surface area contributed by atoms with Gasteiger partial charge in [0.15, 0.2) is 5.82 Å². The van der Waals surface area contributed by atoms with Gasteiger partial charge in [-0.1, -0.05) is 212 Å². The van der Waals surface area contributed by atoms with Gasteiger partial charge in [-0.25, -0.2) is 9.97 Å². The van der Waals surface area contributed by atoms with Crippen LogP contribution in [-0.4, -0.2) is 9.97 Å². The highest BCUT2D eigenvalue weighted by Gasteiger charge is 2.52. The number of benzene rings is 9. The van der Waals surface area contributed by atoms with Crippen LogP contribution in [0, 0.1) is 0 Å². The summed E-state index contributed by atoms with van der Waals surface area (Å²) in [4.78, 5) is 10.6. The van der Waals surface area contributed by atoms with Crippen LogP contribution in [0.15, 0.2) is 231 Å². The highest BCUT2D eigenvalue weighted by molar-refractivity contribution is 6.02.